The normalized spacial score (nSPS) is 0. The minimum atomic E-state index is 0. The van der Waals surface area contributed by atoms with Crippen LogP contribution < -0.4 is 0 Å². The molecule has 0 amide bonds. The Labute approximate surface area is 75.4 Å². The SMILES string of the molecule is [Al].[Li].[Mg].[Mn]. The molecule has 0 rings (SSSR count). The molecule has 0 aromatic carbocycles. The summed E-state index contributed by atoms with van der Waals surface area (Å²) in [6, 6.07) is 0. The van der Waals surface area contributed by atoms with Crippen LogP contribution in [0.5, 0.6) is 0 Å². The van der Waals surface area contributed by atoms with Gasteiger partial charge in [-0.1, -0.05) is 0 Å². The van der Waals surface area contributed by atoms with Crippen molar-refractivity contribution in [2.24, 2.45) is 0 Å². The fourth-order valence-corrected chi connectivity index (χ4v) is 0. The molecular weight excluding hydrogens is 113 g/mol. The van der Waals surface area contributed by atoms with E-state index in [1.165, 1.54) is 0 Å². The molecule has 7 radical (unpaired) electrons. The first-order chi connectivity index (χ1) is 0. The molecule has 0 N–H and O–H groups in total. The molecule has 0 aromatic rings. The maximum atomic E-state index is 0. The Kier molecular flexibility index (Phi) is 146. The van der Waals surface area contributed by atoms with Crippen LogP contribution in [0, 0.1) is 0 Å². The third-order valence-electron chi connectivity index (χ3n) is 0. The van der Waals surface area contributed by atoms with Crippen molar-refractivity contribution in [2.75, 3.05) is 0 Å². The van der Waals surface area contributed by atoms with Gasteiger partial charge in [0.15, 0.2) is 0 Å². The standard InChI is InChI=1S/Al.Li.Mg.Mn. The van der Waals surface area contributed by atoms with Crippen LogP contribution in [0.1, 0.15) is 0 Å². The molecule has 0 aliphatic rings. The van der Waals surface area contributed by atoms with Crippen LogP contribution in [-0.2, 0) is 17.1 Å². The summed E-state index contributed by atoms with van der Waals surface area (Å²) in [4.78, 5) is 0. The molecule has 0 aromatic heterocycles. The largest absolute Gasteiger partial charge is 0 e. The minimum Gasteiger partial charge on any atom is 0 e. The summed E-state index contributed by atoms with van der Waals surface area (Å²) < 4.78 is 0. The molecule has 13 valence electrons. The Bertz CT molecular complexity index is 8.00. The maximum Gasteiger partial charge on any atom is 0 e. The van der Waals surface area contributed by atoms with Crippen molar-refractivity contribution in [1.82, 2.24) is 0 Å². The summed E-state index contributed by atoms with van der Waals surface area (Å²) in [6.45, 7) is 0. The van der Waals surface area contributed by atoms with E-state index in [1.54, 1.807) is 0 Å². The average molecular weight is 113 g/mol. The number of rotatable bonds is 0. The van der Waals surface area contributed by atoms with Crippen LogP contribution in [0.25, 0.3) is 0 Å². The average Bonchev–Trinajstić information content (AvgIpc) is 0. The third-order valence-corrected chi connectivity index (χ3v) is 0. The van der Waals surface area contributed by atoms with Gasteiger partial charge in [0.05, 0.1) is 0 Å². The summed E-state index contributed by atoms with van der Waals surface area (Å²) in [7, 11) is 0. The second-order valence-electron chi connectivity index (χ2n) is 0. The van der Waals surface area contributed by atoms with Crippen molar-refractivity contribution < 1.29 is 17.1 Å². The van der Waals surface area contributed by atoms with Gasteiger partial charge in [-0.3, -0.25) is 0 Å². The smallest absolute Gasteiger partial charge is 0 e. The molecule has 0 aliphatic heterocycles. The molecular formula is AlLiMgMn. The predicted octanol–water partition coefficient (Wildman–Crippen LogP) is -1.14. The zero-order valence-electron chi connectivity index (χ0n) is 2.66. The summed E-state index contributed by atoms with van der Waals surface area (Å²) in [5.74, 6) is 0. The van der Waals surface area contributed by atoms with Crippen LogP contribution in [0.2, 0.25) is 0 Å². The molecule has 0 saturated carbocycles. The molecule has 0 heterocycles. The van der Waals surface area contributed by atoms with E-state index in [-0.39, 0.29) is 76.3 Å². The van der Waals surface area contributed by atoms with E-state index in [9.17, 15) is 0 Å². The number of hydrogen-bond acceptors (Lipinski definition) is 0. The number of hydrogen-bond donors (Lipinski definition) is 0. The van der Waals surface area contributed by atoms with Gasteiger partial charge < -0.3 is 0 Å². The maximum absolute atomic E-state index is 0. The third kappa shape index (κ3) is 8.83. The molecule has 0 saturated heterocycles. The second-order valence-corrected chi connectivity index (χ2v) is 0. The van der Waals surface area contributed by atoms with E-state index in [0.29, 0.717) is 0 Å². The van der Waals surface area contributed by atoms with E-state index >= 15 is 0 Å². The Morgan fingerprint density at radius 2 is 1.00 bits per heavy atom. The molecule has 4 heteroatoms. The molecule has 0 atom stereocenters. The fraction of sp³-hybridized carbons (Fsp3) is 0. The zero-order valence-corrected chi connectivity index (χ0v) is 6.41. The Morgan fingerprint density at radius 3 is 1.00 bits per heavy atom. The van der Waals surface area contributed by atoms with Gasteiger partial charge in [0.25, 0.3) is 0 Å². The second kappa shape index (κ2) is 18.1. The van der Waals surface area contributed by atoms with Gasteiger partial charge in [0.1, 0.15) is 0 Å². The molecule has 0 unspecified atom stereocenters. The van der Waals surface area contributed by atoms with Crippen LogP contribution in [0.15, 0.2) is 0 Å². The summed E-state index contributed by atoms with van der Waals surface area (Å²) in [6.07, 6.45) is 0. The van der Waals surface area contributed by atoms with Gasteiger partial charge in [-0.15, -0.1) is 0 Å². The van der Waals surface area contributed by atoms with E-state index in [0.717, 1.165) is 0 Å². The Hall–Kier alpha value is 2.42. The molecule has 0 bridgehead atoms. The van der Waals surface area contributed by atoms with Crippen LogP contribution in [0.3, 0.4) is 0 Å². The van der Waals surface area contributed by atoms with Gasteiger partial charge in [0.2, 0.25) is 0 Å². The first kappa shape index (κ1) is 32.2. The monoisotopic (exact) mass is 113 g/mol. The van der Waals surface area contributed by atoms with E-state index in [2.05, 4.69) is 0 Å². The van der Waals surface area contributed by atoms with E-state index in [1.807, 2.05) is 0 Å². The van der Waals surface area contributed by atoms with Gasteiger partial charge in [-0.05, 0) is 0 Å². The minimum absolute atomic E-state index is 0. The van der Waals surface area contributed by atoms with E-state index < -0.39 is 0 Å². The topological polar surface area (TPSA) is 0 Å². The first-order valence-corrected chi connectivity index (χ1v) is 0. The summed E-state index contributed by atoms with van der Waals surface area (Å²) in [5.41, 5.74) is 0. The van der Waals surface area contributed by atoms with Crippen LogP contribution in [0.4, 0.5) is 0 Å². The van der Waals surface area contributed by atoms with Crippen molar-refractivity contribution in [2.45, 2.75) is 0 Å². The molecule has 0 nitrogen and oxygen atoms in total. The Balaban J connectivity index is 0. The van der Waals surface area contributed by atoms with Crippen molar-refractivity contribution in [3.8, 4) is 0 Å². The fourth-order valence-electron chi connectivity index (χ4n) is 0. The van der Waals surface area contributed by atoms with Crippen LogP contribution >= 0.6 is 0 Å². The van der Waals surface area contributed by atoms with Crippen molar-refractivity contribution in [1.29, 1.82) is 0 Å². The molecule has 0 spiro atoms. The first-order valence-electron chi connectivity index (χ1n) is 0. The summed E-state index contributed by atoms with van der Waals surface area (Å²) in [5, 5.41) is 0. The zero-order chi connectivity index (χ0) is 0. The van der Waals surface area contributed by atoms with Gasteiger partial charge >= 0.3 is 0 Å². The quantitative estimate of drug-likeness (QED) is 0.348. The van der Waals surface area contributed by atoms with Gasteiger partial charge in [-0.2, -0.15) is 0 Å². The van der Waals surface area contributed by atoms with Crippen molar-refractivity contribution >= 4 is 59.3 Å². The molecule has 4 heavy (non-hydrogen) atoms. The molecule has 0 fully saturated rings. The Morgan fingerprint density at radius 1 is 1.00 bits per heavy atom. The van der Waals surface area contributed by atoms with Crippen LogP contribution in [-0.4, -0.2) is 59.3 Å². The van der Waals surface area contributed by atoms with E-state index in [4.69, 9.17) is 0 Å². The van der Waals surface area contributed by atoms with Crippen molar-refractivity contribution in [3.05, 3.63) is 0 Å². The predicted molar refractivity (Wildman–Crippen MR) is 17.3 cm³/mol. The van der Waals surface area contributed by atoms with Gasteiger partial charge in [-0.25, -0.2) is 0 Å². The van der Waals surface area contributed by atoms with Crippen molar-refractivity contribution in [3.63, 3.8) is 0 Å². The van der Waals surface area contributed by atoms with Gasteiger partial charge in [0, 0.05) is 76.3 Å². The summed E-state index contributed by atoms with van der Waals surface area (Å²) >= 11 is 0. The molecule has 0 aliphatic carbocycles.